The molecule has 0 aliphatic carbocycles. The zero-order valence-electron chi connectivity index (χ0n) is 14.9. The number of carbonyl (C=O) groups excluding carboxylic acids is 1. The minimum absolute atomic E-state index is 0.00947. The molecule has 0 atom stereocenters. The van der Waals surface area contributed by atoms with Crippen molar-refractivity contribution in [3.8, 4) is 6.07 Å². The van der Waals surface area contributed by atoms with Crippen LogP contribution in [0.15, 0.2) is 54.2 Å². The number of rotatable bonds is 5. The molecule has 0 fully saturated rings. The Labute approximate surface area is 148 Å². The van der Waals surface area contributed by atoms with Gasteiger partial charge in [-0.25, -0.2) is 0 Å². The zero-order chi connectivity index (χ0) is 18.4. The number of nitrogens with zero attached hydrogens (tertiary/aromatic N) is 2. The standard InChI is InChI=1S/C20H22N4O/c1-14-8-9-19(15(2)10-14)23-20(25)16(12-21)13-22-17-6-5-7-18(11-17)24(3)4/h5-11,13,22H,1-4H3,(H,23,25)/b16-13-. The lowest BCUT2D eigenvalue weighted by Gasteiger charge is -2.13. The Morgan fingerprint density at radius 2 is 1.92 bits per heavy atom. The minimum atomic E-state index is -0.439. The Morgan fingerprint density at radius 3 is 2.56 bits per heavy atom. The predicted molar refractivity (Wildman–Crippen MR) is 103 cm³/mol. The molecular weight excluding hydrogens is 312 g/mol. The van der Waals surface area contributed by atoms with Crippen LogP contribution in [0.2, 0.25) is 0 Å². The number of nitriles is 1. The summed E-state index contributed by atoms with van der Waals surface area (Å²) < 4.78 is 0. The van der Waals surface area contributed by atoms with Crippen LogP contribution >= 0.6 is 0 Å². The molecule has 0 saturated heterocycles. The van der Waals surface area contributed by atoms with Crippen LogP contribution in [0, 0.1) is 25.2 Å². The Kier molecular flexibility index (Phi) is 5.80. The number of amides is 1. The maximum atomic E-state index is 12.3. The van der Waals surface area contributed by atoms with Crippen LogP contribution in [0.5, 0.6) is 0 Å². The van der Waals surface area contributed by atoms with Gasteiger partial charge in [0.05, 0.1) is 0 Å². The highest BCUT2D eigenvalue weighted by Crippen LogP contribution is 2.19. The average molecular weight is 334 g/mol. The molecule has 0 spiro atoms. The quantitative estimate of drug-likeness (QED) is 0.644. The van der Waals surface area contributed by atoms with Crippen molar-refractivity contribution >= 4 is 23.0 Å². The average Bonchev–Trinajstić information content (AvgIpc) is 2.58. The van der Waals surface area contributed by atoms with E-state index in [-0.39, 0.29) is 5.57 Å². The minimum Gasteiger partial charge on any atom is -0.378 e. The van der Waals surface area contributed by atoms with Crippen LogP contribution in [0.1, 0.15) is 11.1 Å². The lowest BCUT2D eigenvalue weighted by molar-refractivity contribution is -0.112. The first-order valence-corrected chi connectivity index (χ1v) is 7.93. The summed E-state index contributed by atoms with van der Waals surface area (Å²) in [5.74, 6) is -0.439. The van der Waals surface area contributed by atoms with Crippen molar-refractivity contribution in [3.05, 3.63) is 65.4 Å². The Bertz CT molecular complexity index is 847. The summed E-state index contributed by atoms with van der Waals surface area (Å²) in [6.45, 7) is 3.91. The second kappa shape index (κ2) is 8.02. The van der Waals surface area contributed by atoms with E-state index in [1.165, 1.54) is 6.20 Å². The van der Waals surface area contributed by atoms with Gasteiger partial charge in [-0.05, 0) is 43.7 Å². The molecular formula is C20H22N4O. The van der Waals surface area contributed by atoms with Gasteiger partial charge in [0.15, 0.2) is 0 Å². The van der Waals surface area contributed by atoms with Crippen molar-refractivity contribution in [2.24, 2.45) is 0 Å². The summed E-state index contributed by atoms with van der Waals surface area (Å²) in [6, 6.07) is 15.4. The SMILES string of the molecule is Cc1ccc(NC(=O)/C(C#N)=C\Nc2cccc(N(C)C)c2)c(C)c1. The van der Waals surface area contributed by atoms with Gasteiger partial charge in [-0.2, -0.15) is 5.26 Å². The second-order valence-electron chi connectivity index (χ2n) is 6.03. The smallest absolute Gasteiger partial charge is 0.267 e. The summed E-state index contributed by atoms with van der Waals surface area (Å²) in [5.41, 5.74) is 4.61. The van der Waals surface area contributed by atoms with E-state index < -0.39 is 5.91 Å². The van der Waals surface area contributed by atoms with Crippen molar-refractivity contribution in [1.29, 1.82) is 5.26 Å². The number of nitrogens with one attached hydrogen (secondary N) is 2. The van der Waals surface area contributed by atoms with Gasteiger partial charge < -0.3 is 15.5 Å². The highest BCUT2D eigenvalue weighted by atomic mass is 16.1. The van der Waals surface area contributed by atoms with Crippen molar-refractivity contribution in [2.75, 3.05) is 29.6 Å². The van der Waals surface area contributed by atoms with Crippen LogP contribution in [0.3, 0.4) is 0 Å². The predicted octanol–water partition coefficient (Wildman–Crippen LogP) is 3.83. The summed E-state index contributed by atoms with van der Waals surface area (Å²) in [7, 11) is 3.90. The number of anilines is 3. The number of hydrogen-bond donors (Lipinski definition) is 2. The molecule has 0 radical (unpaired) electrons. The van der Waals surface area contributed by atoms with E-state index in [1.807, 2.05) is 81.4 Å². The third kappa shape index (κ3) is 4.85. The molecule has 25 heavy (non-hydrogen) atoms. The van der Waals surface area contributed by atoms with Gasteiger partial charge in [-0.15, -0.1) is 0 Å². The van der Waals surface area contributed by atoms with Gasteiger partial charge in [-0.1, -0.05) is 23.8 Å². The van der Waals surface area contributed by atoms with E-state index in [4.69, 9.17) is 0 Å². The van der Waals surface area contributed by atoms with Crippen LogP contribution in [0.25, 0.3) is 0 Å². The lowest BCUT2D eigenvalue weighted by atomic mass is 10.1. The Morgan fingerprint density at radius 1 is 1.16 bits per heavy atom. The third-order valence-electron chi connectivity index (χ3n) is 3.74. The number of aryl methyl sites for hydroxylation is 2. The lowest BCUT2D eigenvalue weighted by Crippen LogP contribution is -2.15. The second-order valence-corrected chi connectivity index (χ2v) is 6.03. The third-order valence-corrected chi connectivity index (χ3v) is 3.74. The van der Waals surface area contributed by atoms with Gasteiger partial charge in [0.1, 0.15) is 11.6 Å². The monoisotopic (exact) mass is 334 g/mol. The van der Waals surface area contributed by atoms with Crippen LogP contribution in [-0.4, -0.2) is 20.0 Å². The van der Waals surface area contributed by atoms with Crippen LogP contribution in [-0.2, 0) is 4.79 Å². The molecule has 0 aliphatic rings. The fourth-order valence-electron chi connectivity index (χ4n) is 2.32. The van der Waals surface area contributed by atoms with Crippen molar-refractivity contribution in [1.82, 2.24) is 0 Å². The number of benzene rings is 2. The highest BCUT2D eigenvalue weighted by Gasteiger charge is 2.10. The van der Waals surface area contributed by atoms with E-state index in [0.717, 1.165) is 22.5 Å². The first-order valence-electron chi connectivity index (χ1n) is 7.93. The Hall–Kier alpha value is -3.26. The van der Waals surface area contributed by atoms with E-state index in [9.17, 15) is 10.1 Å². The van der Waals surface area contributed by atoms with Crippen LogP contribution < -0.4 is 15.5 Å². The van der Waals surface area contributed by atoms with Crippen molar-refractivity contribution in [2.45, 2.75) is 13.8 Å². The summed E-state index contributed by atoms with van der Waals surface area (Å²) in [4.78, 5) is 14.3. The Balaban J connectivity index is 2.13. The number of hydrogen-bond acceptors (Lipinski definition) is 4. The maximum Gasteiger partial charge on any atom is 0.267 e. The largest absolute Gasteiger partial charge is 0.378 e. The molecule has 0 heterocycles. The summed E-state index contributed by atoms with van der Waals surface area (Å²) >= 11 is 0. The molecule has 0 bridgehead atoms. The zero-order valence-corrected chi connectivity index (χ0v) is 14.9. The highest BCUT2D eigenvalue weighted by molar-refractivity contribution is 6.07. The van der Waals surface area contributed by atoms with E-state index in [1.54, 1.807) is 0 Å². The molecule has 0 aliphatic heterocycles. The molecule has 5 heteroatoms. The molecule has 0 saturated carbocycles. The first kappa shape index (κ1) is 18.1. The van der Waals surface area contributed by atoms with Crippen molar-refractivity contribution in [3.63, 3.8) is 0 Å². The molecule has 0 unspecified atom stereocenters. The summed E-state index contributed by atoms with van der Waals surface area (Å²) in [5, 5.41) is 15.1. The molecule has 2 rings (SSSR count). The van der Waals surface area contributed by atoms with Gasteiger partial charge >= 0.3 is 0 Å². The molecule has 128 valence electrons. The van der Waals surface area contributed by atoms with Crippen LogP contribution in [0.4, 0.5) is 17.1 Å². The summed E-state index contributed by atoms with van der Waals surface area (Å²) in [6.07, 6.45) is 1.42. The van der Waals surface area contributed by atoms with Gasteiger partial charge in [-0.3, -0.25) is 4.79 Å². The fraction of sp³-hybridized carbons (Fsp3) is 0.200. The maximum absolute atomic E-state index is 12.3. The van der Waals surface area contributed by atoms with Gasteiger partial charge in [0.25, 0.3) is 5.91 Å². The molecule has 2 aromatic rings. The topological polar surface area (TPSA) is 68.2 Å². The van der Waals surface area contributed by atoms with Crippen molar-refractivity contribution < 1.29 is 4.79 Å². The normalized spacial score (nSPS) is 10.8. The molecule has 2 aromatic carbocycles. The first-order chi connectivity index (χ1) is 11.9. The van der Waals surface area contributed by atoms with E-state index >= 15 is 0 Å². The van der Waals surface area contributed by atoms with E-state index in [2.05, 4.69) is 10.6 Å². The fourth-order valence-corrected chi connectivity index (χ4v) is 2.32. The molecule has 1 amide bonds. The molecule has 5 nitrogen and oxygen atoms in total. The van der Waals surface area contributed by atoms with Gasteiger partial charge in [0, 0.05) is 37.4 Å². The van der Waals surface area contributed by atoms with E-state index in [0.29, 0.717) is 5.69 Å². The van der Waals surface area contributed by atoms with Gasteiger partial charge in [0.2, 0.25) is 0 Å². The molecule has 0 aromatic heterocycles. The molecule has 2 N–H and O–H groups in total. The number of carbonyl (C=O) groups is 1.